The molecule has 4 nitrogen and oxygen atoms in total. The van der Waals surface area contributed by atoms with Gasteiger partial charge in [-0.15, -0.1) is 0 Å². The van der Waals surface area contributed by atoms with Gasteiger partial charge >= 0.3 is 0 Å². The Morgan fingerprint density at radius 1 is 1.46 bits per heavy atom. The molecule has 2 amide bonds. The predicted octanol–water partition coefficient (Wildman–Crippen LogP) is -0.127. The van der Waals surface area contributed by atoms with Crippen molar-refractivity contribution in [1.29, 1.82) is 0 Å². The number of piperidine rings is 1. The highest BCUT2D eigenvalue weighted by atomic mass is 16.2. The Balaban J connectivity index is 1.92. The van der Waals surface area contributed by atoms with Crippen molar-refractivity contribution >= 4 is 11.8 Å². The highest BCUT2D eigenvalue weighted by Crippen LogP contribution is 2.43. The first-order chi connectivity index (χ1) is 6.18. The maximum atomic E-state index is 11.5. The molecule has 4 heteroatoms. The number of nitrogens with two attached hydrogens (primary N) is 1. The number of amides is 2. The molecular formula is C9H14N2O2. The van der Waals surface area contributed by atoms with E-state index in [1.165, 1.54) is 6.42 Å². The summed E-state index contributed by atoms with van der Waals surface area (Å²) in [5.74, 6) is 0.109. The van der Waals surface area contributed by atoms with E-state index in [4.69, 9.17) is 5.73 Å². The molecule has 1 aliphatic carbocycles. The fourth-order valence-corrected chi connectivity index (χ4v) is 2.17. The van der Waals surface area contributed by atoms with E-state index in [-0.39, 0.29) is 12.3 Å². The topological polar surface area (TPSA) is 63.4 Å². The SMILES string of the molecule is NC(=O)CC(=O)N1CCCC2CC21. The van der Waals surface area contributed by atoms with Gasteiger partial charge in [0, 0.05) is 12.6 Å². The Labute approximate surface area is 77.1 Å². The molecule has 0 bridgehead atoms. The van der Waals surface area contributed by atoms with Crippen molar-refractivity contribution < 1.29 is 9.59 Å². The Hall–Kier alpha value is -1.06. The zero-order chi connectivity index (χ0) is 9.42. The third kappa shape index (κ3) is 1.66. The minimum Gasteiger partial charge on any atom is -0.369 e. The van der Waals surface area contributed by atoms with Crippen LogP contribution in [0.3, 0.4) is 0 Å². The Morgan fingerprint density at radius 3 is 2.92 bits per heavy atom. The van der Waals surface area contributed by atoms with Gasteiger partial charge in [-0.25, -0.2) is 0 Å². The lowest BCUT2D eigenvalue weighted by Crippen LogP contribution is -2.39. The fourth-order valence-electron chi connectivity index (χ4n) is 2.17. The van der Waals surface area contributed by atoms with E-state index >= 15 is 0 Å². The van der Waals surface area contributed by atoms with Crippen molar-refractivity contribution in [2.45, 2.75) is 31.7 Å². The molecule has 1 heterocycles. The quantitative estimate of drug-likeness (QED) is 0.605. The lowest BCUT2D eigenvalue weighted by atomic mass is 10.1. The lowest BCUT2D eigenvalue weighted by Gasteiger charge is -2.26. The summed E-state index contributed by atoms with van der Waals surface area (Å²) in [6.45, 7) is 0.813. The predicted molar refractivity (Wildman–Crippen MR) is 46.7 cm³/mol. The monoisotopic (exact) mass is 182 g/mol. The van der Waals surface area contributed by atoms with Gasteiger partial charge in [0.25, 0.3) is 0 Å². The van der Waals surface area contributed by atoms with E-state index in [2.05, 4.69) is 0 Å². The van der Waals surface area contributed by atoms with Gasteiger partial charge in [0.2, 0.25) is 11.8 Å². The summed E-state index contributed by atoms with van der Waals surface area (Å²) in [6, 6.07) is 0.431. The first-order valence-electron chi connectivity index (χ1n) is 4.76. The highest BCUT2D eigenvalue weighted by molar-refractivity contribution is 5.96. The van der Waals surface area contributed by atoms with Crippen LogP contribution in [0.4, 0.5) is 0 Å². The van der Waals surface area contributed by atoms with Crippen LogP contribution < -0.4 is 5.73 Å². The summed E-state index contributed by atoms with van der Waals surface area (Å²) >= 11 is 0. The zero-order valence-corrected chi connectivity index (χ0v) is 7.53. The summed E-state index contributed by atoms with van der Waals surface area (Å²) in [7, 11) is 0. The molecule has 2 fully saturated rings. The van der Waals surface area contributed by atoms with E-state index in [1.807, 2.05) is 4.90 Å². The van der Waals surface area contributed by atoms with Crippen LogP contribution in [-0.4, -0.2) is 29.3 Å². The number of hydrogen-bond donors (Lipinski definition) is 1. The van der Waals surface area contributed by atoms with Crippen molar-refractivity contribution in [3.63, 3.8) is 0 Å². The molecule has 2 unspecified atom stereocenters. The van der Waals surface area contributed by atoms with Crippen molar-refractivity contribution in [3.8, 4) is 0 Å². The number of likely N-dealkylation sites (tertiary alicyclic amines) is 1. The molecular weight excluding hydrogens is 168 g/mol. The van der Waals surface area contributed by atoms with Crippen LogP contribution >= 0.6 is 0 Å². The molecule has 0 radical (unpaired) electrons. The second kappa shape index (κ2) is 3.01. The van der Waals surface area contributed by atoms with Crippen molar-refractivity contribution in [1.82, 2.24) is 4.90 Å². The fraction of sp³-hybridized carbons (Fsp3) is 0.778. The molecule has 72 valence electrons. The van der Waals surface area contributed by atoms with Crippen LogP contribution in [0.2, 0.25) is 0 Å². The van der Waals surface area contributed by atoms with Gasteiger partial charge in [-0.3, -0.25) is 9.59 Å². The second-order valence-electron chi connectivity index (χ2n) is 3.94. The first kappa shape index (κ1) is 8.53. The maximum Gasteiger partial charge on any atom is 0.232 e. The van der Waals surface area contributed by atoms with E-state index in [0.717, 1.165) is 19.4 Å². The molecule has 1 saturated carbocycles. The number of carbonyl (C=O) groups excluding carboxylic acids is 2. The number of carbonyl (C=O) groups is 2. The van der Waals surface area contributed by atoms with Crippen LogP contribution in [0.5, 0.6) is 0 Å². The van der Waals surface area contributed by atoms with E-state index in [0.29, 0.717) is 12.0 Å². The van der Waals surface area contributed by atoms with Gasteiger partial charge in [-0.05, 0) is 25.2 Å². The zero-order valence-electron chi connectivity index (χ0n) is 7.53. The third-order valence-corrected chi connectivity index (χ3v) is 2.91. The molecule has 1 aliphatic heterocycles. The van der Waals surface area contributed by atoms with E-state index in [9.17, 15) is 9.59 Å². The summed E-state index contributed by atoms with van der Waals surface area (Å²) in [5, 5.41) is 0. The van der Waals surface area contributed by atoms with Gasteiger partial charge in [0.05, 0.1) is 0 Å². The maximum absolute atomic E-state index is 11.5. The molecule has 0 aromatic carbocycles. The van der Waals surface area contributed by atoms with Gasteiger partial charge in [-0.1, -0.05) is 0 Å². The van der Waals surface area contributed by atoms with E-state index in [1.54, 1.807) is 0 Å². The van der Waals surface area contributed by atoms with Crippen molar-refractivity contribution in [3.05, 3.63) is 0 Å². The molecule has 0 spiro atoms. The van der Waals surface area contributed by atoms with Gasteiger partial charge in [0.15, 0.2) is 0 Å². The van der Waals surface area contributed by atoms with Gasteiger partial charge < -0.3 is 10.6 Å². The van der Waals surface area contributed by atoms with Crippen LogP contribution in [0.25, 0.3) is 0 Å². The van der Waals surface area contributed by atoms with Crippen molar-refractivity contribution in [2.24, 2.45) is 11.7 Å². The Morgan fingerprint density at radius 2 is 2.23 bits per heavy atom. The normalized spacial score (nSPS) is 30.9. The largest absolute Gasteiger partial charge is 0.369 e. The summed E-state index contributed by atoms with van der Waals surface area (Å²) in [6.07, 6.45) is 3.32. The van der Waals surface area contributed by atoms with Crippen molar-refractivity contribution in [2.75, 3.05) is 6.54 Å². The van der Waals surface area contributed by atoms with Crippen LogP contribution in [0.15, 0.2) is 0 Å². The minimum absolute atomic E-state index is 0.0836. The highest BCUT2D eigenvalue weighted by Gasteiger charge is 2.45. The van der Waals surface area contributed by atoms with E-state index < -0.39 is 5.91 Å². The number of nitrogens with zero attached hydrogens (tertiary/aromatic N) is 1. The molecule has 13 heavy (non-hydrogen) atoms. The third-order valence-electron chi connectivity index (χ3n) is 2.91. The lowest BCUT2D eigenvalue weighted by molar-refractivity contribution is -0.136. The van der Waals surface area contributed by atoms with Crippen LogP contribution in [0, 0.1) is 5.92 Å². The molecule has 2 N–H and O–H groups in total. The summed E-state index contributed by atoms with van der Waals surface area (Å²) in [5.41, 5.74) is 4.97. The summed E-state index contributed by atoms with van der Waals surface area (Å²) < 4.78 is 0. The average molecular weight is 182 g/mol. The van der Waals surface area contributed by atoms with Crippen LogP contribution in [0.1, 0.15) is 25.7 Å². The smallest absolute Gasteiger partial charge is 0.232 e. The molecule has 0 aromatic heterocycles. The standard InChI is InChI=1S/C9H14N2O2/c10-8(12)5-9(13)11-3-1-2-6-4-7(6)11/h6-7H,1-5H2,(H2,10,12). The molecule has 1 saturated heterocycles. The number of fused-ring (bicyclic) bond motifs is 1. The molecule has 2 atom stereocenters. The van der Waals surface area contributed by atoms with Crippen LogP contribution in [-0.2, 0) is 9.59 Å². The Bertz CT molecular complexity index is 252. The summed E-state index contributed by atoms with van der Waals surface area (Å²) in [4.78, 5) is 23.9. The number of rotatable bonds is 2. The van der Waals surface area contributed by atoms with Gasteiger partial charge in [-0.2, -0.15) is 0 Å². The number of primary amides is 1. The molecule has 0 aromatic rings. The average Bonchev–Trinajstić information content (AvgIpc) is 2.79. The van der Waals surface area contributed by atoms with Gasteiger partial charge in [0.1, 0.15) is 6.42 Å². The molecule has 2 aliphatic rings. The second-order valence-corrected chi connectivity index (χ2v) is 3.94. The first-order valence-corrected chi connectivity index (χ1v) is 4.76. The minimum atomic E-state index is -0.521. The molecule has 2 rings (SSSR count). The number of hydrogen-bond acceptors (Lipinski definition) is 2. The Kier molecular flexibility index (Phi) is 1.98.